The summed E-state index contributed by atoms with van der Waals surface area (Å²) >= 11 is 0. The Morgan fingerprint density at radius 1 is 1.39 bits per heavy atom. The number of rotatable bonds is 3. The number of hydrogen-bond donors (Lipinski definition) is 0. The van der Waals surface area contributed by atoms with Crippen LogP contribution in [0.3, 0.4) is 0 Å². The van der Waals surface area contributed by atoms with E-state index in [1.54, 1.807) is 12.3 Å². The van der Waals surface area contributed by atoms with Crippen molar-refractivity contribution in [1.29, 1.82) is 5.26 Å². The molecule has 1 aromatic rings. The zero-order valence-corrected chi connectivity index (χ0v) is 9.89. The second-order valence-electron chi connectivity index (χ2n) is 4.03. The third-order valence-corrected chi connectivity index (χ3v) is 2.78. The van der Waals surface area contributed by atoms with Crippen LogP contribution in [0, 0.1) is 11.3 Å². The van der Waals surface area contributed by atoms with Crippen LogP contribution in [0.25, 0.3) is 5.57 Å². The Morgan fingerprint density at radius 2 is 2.11 bits per heavy atom. The maximum Gasteiger partial charge on any atom is 0.196 e. The van der Waals surface area contributed by atoms with Crippen LogP contribution in [0.4, 0.5) is 0 Å². The molecule has 0 N–H and O–H groups in total. The summed E-state index contributed by atoms with van der Waals surface area (Å²) in [6, 6.07) is 9.73. The summed E-state index contributed by atoms with van der Waals surface area (Å²) in [6.07, 6.45) is 4.52. The van der Waals surface area contributed by atoms with Crippen molar-refractivity contribution in [3.05, 3.63) is 54.2 Å². The maximum absolute atomic E-state index is 11.6. The van der Waals surface area contributed by atoms with Crippen molar-refractivity contribution in [3.8, 4) is 6.07 Å². The second kappa shape index (κ2) is 5.24. The SMILES string of the molecule is C=CCc1ccc(C2=CN=C(C#N)C(=O)C2)cc1. The highest BCUT2D eigenvalue weighted by Crippen LogP contribution is 2.22. The Morgan fingerprint density at radius 3 is 2.67 bits per heavy atom. The first-order chi connectivity index (χ1) is 8.74. The first-order valence-electron chi connectivity index (χ1n) is 5.65. The monoisotopic (exact) mass is 236 g/mol. The molecule has 1 aliphatic heterocycles. The molecule has 1 heterocycles. The number of ketones is 1. The lowest BCUT2D eigenvalue weighted by molar-refractivity contribution is -0.112. The van der Waals surface area contributed by atoms with Gasteiger partial charge in [-0.15, -0.1) is 6.58 Å². The van der Waals surface area contributed by atoms with Gasteiger partial charge in [0.25, 0.3) is 0 Å². The molecule has 0 saturated heterocycles. The molecule has 1 aliphatic rings. The molecule has 1 aromatic carbocycles. The van der Waals surface area contributed by atoms with E-state index in [9.17, 15) is 4.79 Å². The number of carbonyl (C=O) groups is 1. The minimum absolute atomic E-state index is 0.0120. The van der Waals surface area contributed by atoms with Crippen molar-refractivity contribution in [2.75, 3.05) is 0 Å². The molecule has 0 bridgehead atoms. The third kappa shape index (κ3) is 2.44. The summed E-state index contributed by atoms with van der Waals surface area (Å²) in [4.78, 5) is 15.4. The van der Waals surface area contributed by atoms with Gasteiger partial charge in [-0.1, -0.05) is 30.3 Å². The van der Waals surface area contributed by atoms with E-state index < -0.39 is 0 Å². The zero-order valence-electron chi connectivity index (χ0n) is 9.89. The molecule has 88 valence electrons. The lowest BCUT2D eigenvalue weighted by Gasteiger charge is -2.10. The van der Waals surface area contributed by atoms with Gasteiger partial charge in [0, 0.05) is 12.6 Å². The molecule has 0 aliphatic carbocycles. The fourth-order valence-corrected chi connectivity index (χ4v) is 1.81. The molecule has 3 nitrogen and oxygen atoms in total. The Labute approximate surface area is 106 Å². The van der Waals surface area contributed by atoms with Gasteiger partial charge in [-0.2, -0.15) is 5.26 Å². The van der Waals surface area contributed by atoms with E-state index in [4.69, 9.17) is 5.26 Å². The summed E-state index contributed by atoms with van der Waals surface area (Å²) in [5.41, 5.74) is 2.99. The van der Waals surface area contributed by atoms with Crippen LogP contribution >= 0.6 is 0 Å². The molecule has 0 amide bonds. The van der Waals surface area contributed by atoms with Crippen molar-refractivity contribution in [2.24, 2.45) is 4.99 Å². The first kappa shape index (κ1) is 12.0. The van der Waals surface area contributed by atoms with Crippen LogP contribution in [0.15, 0.2) is 48.1 Å². The van der Waals surface area contributed by atoms with Crippen molar-refractivity contribution >= 4 is 17.1 Å². The number of allylic oxidation sites excluding steroid dienone is 2. The van der Waals surface area contributed by atoms with Gasteiger partial charge in [0.1, 0.15) is 6.07 Å². The van der Waals surface area contributed by atoms with Crippen LogP contribution in [-0.4, -0.2) is 11.5 Å². The summed E-state index contributed by atoms with van der Waals surface area (Å²) in [6.45, 7) is 3.69. The average molecular weight is 236 g/mol. The predicted molar refractivity (Wildman–Crippen MR) is 71.0 cm³/mol. The van der Waals surface area contributed by atoms with E-state index in [1.807, 2.05) is 30.3 Å². The topological polar surface area (TPSA) is 53.2 Å². The standard InChI is InChI=1S/C15H12N2O/c1-2-3-11-4-6-12(7-5-11)13-8-15(18)14(9-16)17-10-13/h2,4-7,10H,1,3,8H2. The van der Waals surface area contributed by atoms with Gasteiger partial charge in [-0.05, 0) is 23.1 Å². The van der Waals surface area contributed by atoms with Crippen LogP contribution < -0.4 is 0 Å². The van der Waals surface area contributed by atoms with E-state index in [1.165, 1.54) is 5.56 Å². The third-order valence-electron chi connectivity index (χ3n) is 2.78. The minimum atomic E-state index is -0.217. The first-order valence-corrected chi connectivity index (χ1v) is 5.65. The minimum Gasteiger partial charge on any atom is -0.291 e. The molecular weight excluding hydrogens is 224 g/mol. The Hall–Kier alpha value is -2.47. The number of nitriles is 1. The molecule has 2 rings (SSSR count). The molecule has 0 spiro atoms. The van der Waals surface area contributed by atoms with Gasteiger partial charge in [-0.3, -0.25) is 4.79 Å². The van der Waals surface area contributed by atoms with Crippen LogP contribution in [0.2, 0.25) is 0 Å². The highest BCUT2D eigenvalue weighted by Gasteiger charge is 2.17. The Bertz CT molecular complexity index is 586. The molecule has 0 atom stereocenters. The number of aliphatic imine (C=N–C) groups is 1. The van der Waals surface area contributed by atoms with E-state index >= 15 is 0 Å². The number of carbonyl (C=O) groups excluding carboxylic acids is 1. The zero-order chi connectivity index (χ0) is 13.0. The lowest BCUT2D eigenvalue weighted by Crippen LogP contribution is -2.15. The quantitative estimate of drug-likeness (QED) is 0.757. The number of Topliss-reactive ketones (excluding diaryl/α,β-unsaturated/α-hetero) is 1. The molecule has 0 unspecified atom stereocenters. The number of hydrogen-bond acceptors (Lipinski definition) is 3. The van der Waals surface area contributed by atoms with Crippen molar-refractivity contribution < 1.29 is 4.79 Å². The van der Waals surface area contributed by atoms with Crippen LogP contribution in [0.1, 0.15) is 17.5 Å². The molecule has 0 aromatic heterocycles. The maximum atomic E-state index is 11.6. The molecule has 18 heavy (non-hydrogen) atoms. The molecule has 0 saturated carbocycles. The van der Waals surface area contributed by atoms with Gasteiger partial charge >= 0.3 is 0 Å². The number of benzene rings is 1. The Balaban J connectivity index is 2.26. The van der Waals surface area contributed by atoms with Gasteiger partial charge in [0.15, 0.2) is 11.5 Å². The Kier molecular flexibility index (Phi) is 3.49. The van der Waals surface area contributed by atoms with E-state index in [0.29, 0.717) is 0 Å². The molecule has 3 heteroatoms. The lowest BCUT2D eigenvalue weighted by atomic mass is 9.97. The van der Waals surface area contributed by atoms with Gasteiger partial charge < -0.3 is 0 Å². The van der Waals surface area contributed by atoms with Gasteiger partial charge in [0.05, 0.1) is 0 Å². The normalized spacial score (nSPS) is 14.5. The van der Waals surface area contributed by atoms with Crippen molar-refractivity contribution in [1.82, 2.24) is 0 Å². The predicted octanol–water partition coefficient (Wildman–Crippen LogP) is 2.69. The van der Waals surface area contributed by atoms with Crippen molar-refractivity contribution in [3.63, 3.8) is 0 Å². The van der Waals surface area contributed by atoms with E-state index in [-0.39, 0.29) is 17.9 Å². The fraction of sp³-hybridized carbons (Fsp3) is 0.133. The molecular formula is C15H12N2O. The van der Waals surface area contributed by atoms with Crippen molar-refractivity contribution in [2.45, 2.75) is 12.8 Å². The number of nitrogens with zero attached hydrogens (tertiary/aromatic N) is 2. The molecule has 0 radical (unpaired) electrons. The largest absolute Gasteiger partial charge is 0.291 e. The highest BCUT2D eigenvalue weighted by molar-refractivity contribution is 6.48. The summed E-state index contributed by atoms with van der Waals surface area (Å²) in [7, 11) is 0. The van der Waals surface area contributed by atoms with Gasteiger partial charge in [-0.25, -0.2) is 4.99 Å². The fourth-order valence-electron chi connectivity index (χ4n) is 1.81. The molecule has 0 fully saturated rings. The smallest absolute Gasteiger partial charge is 0.196 e. The van der Waals surface area contributed by atoms with E-state index in [2.05, 4.69) is 11.6 Å². The van der Waals surface area contributed by atoms with Gasteiger partial charge in [0.2, 0.25) is 0 Å². The van der Waals surface area contributed by atoms with E-state index in [0.717, 1.165) is 17.6 Å². The summed E-state index contributed by atoms with van der Waals surface area (Å²) in [5.74, 6) is -0.217. The van der Waals surface area contributed by atoms with Crippen LogP contribution in [-0.2, 0) is 11.2 Å². The average Bonchev–Trinajstić information content (AvgIpc) is 2.40. The summed E-state index contributed by atoms with van der Waals surface area (Å²) < 4.78 is 0. The van der Waals surface area contributed by atoms with Crippen LogP contribution in [0.5, 0.6) is 0 Å². The summed E-state index contributed by atoms with van der Waals surface area (Å²) in [5, 5.41) is 8.67. The highest BCUT2D eigenvalue weighted by atomic mass is 16.1. The second-order valence-corrected chi connectivity index (χ2v) is 4.03.